The molecule has 0 N–H and O–H groups in total. The third-order valence-corrected chi connectivity index (χ3v) is 6.81. The van der Waals surface area contributed by atoms with E-state index in [1.54, 1.807) is 14.2 Å². The minimum Gasteiger partial charge on any atom is -0.397 e. The van der Waals surface area contributed by atoms with Gasteiger partial charge < -0.3 is 8.85 Å². The maximum Gasteiger partial charge on any atom is 0.348 e. The summed E-state index contributed by atoms with van der Waals surface area (Å²) in [5.74, 6) is 0.615. The van der Waals surface area contributed by atoms with E-state index in [0.29, 0.717) is 11.5 Å². The van der Waals surface area contributed by atoms with Gasteiger partial charge in [0.05, 0.1) is 0 Å². The number of rotatable bonds is 5. The summed E-state index contributed by atoms with van der Waals surface area (Å²) in [5.41, 5.74) is 0.375. The lowest BCUT2D eigenvalue weighted by atomic mass is 10.3. The maximum atomic E-state index is 5.70. The van der Waals surface area contributed by atoms with Crippen LogP contribution in [0.15, 0.2) is 24.3 Å². The molecule has 0 aliphatic heterocycles. The standard InChI is InChI=1S/C11H20O2Si/c1-10(2)9-14(12-3,13-4)11-7-5-6-8-11/h5-8,10-11H,9H2,1-4H3. The molecule has 0 aromatic heterocycles. The number of hydrogen-bond acceptors (Lipinski definition) is 2. The van der Waals surface area contributed by atoms with E-state index in [2.05, 4.69) is 38.2 Å². The van der Waals surface area contributed by atoms with Crippen molar-refractivity contribution in [1.29, 1.82) is 0 Å². The molecule has 0 saturated carbocycles. The van der Waals surface area contributed by atoms with E-state index in [0.717, 1.165) is 6.04 Å². The summed E-state index contributed by atoms with van der Waals surface area (Å²) >= 11 is 0. The SMILES string of the molecule is CO[Si](CC(C)C)(OC)C1C=CC=C1. The van der Waals surface area contributed by atoms with Crippen LogP contribution < -0.4 is 0 Å². The molecular weight excluding hydrogens is 192 g/mol. The van der Waals surface area contributed by atoms with Crippen molar-refractivity contribution in [2.24, 2.45) is 5.92 Å². The first-order valence-electron chi connectivity index (χ1n) is 5.10. The van der Waals surface area contributed by atoms with Gasteiger partial charge in [-0.3, -0.25) is 0 Å². The van der Waals surface area contributed by atoms with Gasteiger partial charge in [-0.2, -0.15) is 0 Å². The van der Waals surface area contributed by atoms with Crippen LogP contribution in [0.4, 0.5) is 0 Å². The van der Waals surface area contributed by atoms with Gasteiger partial charge >= 0.3 is 8.56 Å². The van der Waals surface area contributed by atoms with Crippen LogP contribution in [0, 0.1) is 5.92 Å². The lowest BCUT2D eigenvalue weighted by Crippen LogP contribution is -2.44. The molecule has 0 fully saturated rings. The lowest BCUT2D eigenvalue weighted by molar-refractivity contribution is 0.233. The van der Waals surface area contributed by atoms with Crippen LogP contribution in [-0.4, -0.2) is 22.8 Å². The quantitative estimate of drug-likeness (QED) is 0.652. The van der Waals surface area contributed by atoms with E-state index < -0.39 is 8.56 Å². The Bertz CT molecular complexity index is 217. The molecule has 1 aliphatic carbocycles. The summed E-state index contributed by atoms with van der Waals surface area (Å²) in [6.45, 7) is 4.42. The van der Waals surface area contributed by atoms with E-state index >= 15 is 0 Å². The Hall–Kier alpha value is -0.383. The Morgan fingerprint density at radius 3 is 2.00 bits per heavy atom. The fourth-order valence-electron chi connectivity index (χ4n) is 1.95. The minimum atomic E-state index is -2.05. The first kappa shape index (κ1) is 11.7. The molecule has 0 radical (unpaired) electrons. The Labute approximate surface area is 87.9 Å². The first-order chi connectivity index (χ1) is 6.64. The van der Waals surface area contributed by atoms with E-state index in [-0.39, 0.29) is 0 Å². The van der Waals surface area contributed by atoms with Gasteiger partial charge in [0.15, 0.2) is 0 Å². The zero-order valence-electron chi connectivity index (χ0n) is 9.49. The maximum absolute atomic E-state index is 5.70. The summed E-state index contributed by atoms with van der Waals surface area (Å²) in [5, 5.41) is 0. The molecular formula is C11H20O2Si. The Morgan fingerprint density at radius 1 is 1.14 bits per heavy atom. The molecule has 1 aliphatic rings. The predicted molar refractivity (Wildman–Crippen MR) is 61.4 cm³/mol. The van der Waals surface area contributed by atoms with Crippen molar-refractivity contribution in [2.75, 3.05) is 14.2 Å². The van der Waals surface area contributed by atoms with E-state index in [9.17, 15) is 0 Å². The van der Waals surface area contributed by atoms with Gasteiger partial charge in [-0.15, -0.1) is 0 Å². The van der Waals surface area contributed by atoms with Crippen molar-refractivity contribution >= 4 is 8.56 Å². The van der Waals surface area contributed by atoms with Crippen LogP contribution in [0.3, 0.4) is 0 Å². The molecule has 3 heteroatoms. The molecule has 80 valence electrons. The van der Waals surface area contributed by atoms with Crippen molar-refractivity contribution in [1.82, 2.24) is 0 Å². The zero-order valence-corrected chi connectivity index (χ0v) is 10.5. The fraction of sp³-hybridized carbons (Fsp3) is 0.636. The van der Waals surface area contributed by atoms with Gasteiger partial charge in [0.1, 0.15) is 0 Å². The summed E-state index contributed by atoms with van der Waals surface area (Å²) in [6, 6.07) is 1.04. The molecule has 1 rings (SSSR count). The molecule has 0 unspecified atom stereocenters. The molecule has 0 bridgehead atoms. The van der Waals surface area contributed by atoms with Crippen LogP contribution in [0.25, 0.3) is 0 Å². The average molecular weight is 212 g/mol. The third-order valence-electron chi connectivity index (χ3n) is 2.64. The van der Waals surface area contributed by atoms with Crippen molar-refractivity contribution in [3.8, 4) is 0 Å². The van der Waals surface area contributed by atoms with E-state index in [4.69, 9.17) is 8.85 Å². The minimum absolute atomic E-state index is 0.375. The lowest BCUT2D eigenvalue weighted by Gasteiger charge is -2.32. The molecule has 2 nitrogen and oxygen atoms in total. The molecule has 0 aromatic rings. The monoisotopic (exact) mass is 212 g/mol. The second kappa shape index (κ2) is 4.91. The summed E-state index contributed by atoms with van der Waals surface area (Å²) in [6.07, 6.45) is 8.51. The van der Waals surface area contributed by atoms with Gasteiger partial charge in [-0.1, -0.05) is 38.2 Å². The first-order valence-corrected chi connectivity index (χ1v) is 7.20. The summed E-state index contributed by atoms with van der Waals surface area (Å²) < 4.78 is 11.4. The molecule has 0 heterocycles. The van der Waals surface area contributed by atoms with Crippen LogP contribution in [0.2, 0.25) is 11.6 Å². The van der Waals surface area contributed by atoms with E-state index in [1.807, 2.05) is 0 Å². The van der Waals surface area contributed by atoms with Crippen LogP contribution >= 0.6 is 0 Å². The molecule has 0 amide bonds. The van der Waals surface area contributed by atoms with Gasteiger partial charge in [0.2, 0.25) is 0 Å². The summed E-state index contributed by atoms with van der Waals surface area (Å²) in [7, 11) is 1.50. The highest BCUT2D eigenvalue weighted by Crippen LogP contribution is 2.34. The van der Waals surface area contributed by atoms with Crippen molar-refractivity contribution in [3.63, 3.8) is 0 Å². The Kier molecular flexibility index (Phi) is 4.10. The second-order valence-corrected chi connectivity index (χ2v) is 7.63. The fourth-order valence-corrected chi connectivity index (χ4v) is 5.22. The summed E-state index contributed by atoms with van der Waals surface area (Å²) in [4.78, 5) is 0. The van der Waals surface area contributed by atoms with Crippen LogP contribution in [0.5, 0.6) is 0 Å². The molecule has 14 heavy (non-hydrogen) atoms. The zero-order chi connectivity index (χ0) is 10.6. The highest BCUT2D eigenvalue weighted by atomic mass is 28.4. The van der Waals surface area contributed by atoms with Crippen molar-refractivity contribution < 1.29 is 8.85 Å². The number of allylic oxidation sites excluding steroid dienone is 4. The second-order valence-electron chi connectivity index (χ2n) is 4.11. The smallest absolute Gasteiger partial charge is 0.348 e. The van der Waals surface area contributed by atoms with E-state index in [1.165, 1.54) is 0 Å². The topological polar surface area (TPSA) is 18.5 Å². The largest absolute Gasteiger partial charge is 0.397 e. The van der Waals surface area contributed by atoms with Gasteiger partial charge in [-0.25, -0.2) is 0 Å². The number of hydrogen-bond donors (Lipinski definition) is 0. The molecule has 0 saturated heterocycles. The predicted octanol–water partition coefficient (Wildman–Crippen LogP) is 2.87. The normalized spacial score (nSPS) is 17.2. The van der Waals surface area contributed by atoms with Crippen LogP contribution in [-0.2, 0) is 8.85 Å². The molecule has 0 atom stereocenters. The highest BCUT2D eigenvalue weighted by molar-refractivity contribution is 6.70. The van der Waals surface area contributed by atoms with Crippen molar-refractivity contribution in [3.05, 3.63) is 24.3 Å². The average Bonchev–Trinajstić information content (AvgIpc) is 2.67. The molecule has 0 aromatic carbocycles. The highest BCUT2D eigenvalue weighted by Gasteiger charge is 2.43. The molecule has 0 spiro atoms. The van der Waals surface area contributed by atoms with Gasteiger partial charge in [0.25, 0.3) is 0 Å². The van der Waals surface area contributed by atoms with Gasteiger partial charge in [0, 0.05) is 19.8 Å². The Morgan fingerprint density at radius 2 is 1.64 bits per heavy atom. The van der Waals surface area contributed by atoms with Gasteiger partial charge in [-0.05, 0) is 12.0 Å². The van der Waals surface area contributed by atoms with Crippen molar-refractivity contribution in [2.45, 2.75) is 25.4 Å². The van der Waals surface area contributed by atoms with Crippen LogP contribution in [0.1, 0.15) is 13.8 Å². The Balaban J connectivity index is 2.78. The third kappa shape index (κ3) is 2.35.